The Hall–Kier alpha value is -0.370. The highest BCUT2D eigenvalue weighted by Gasteiger charge is 2.59. The van der Waals surface area contributed by atoms with E-state index in [9.17, 15) is 4.79 Å². The van der Waals surface area contributed by atoms with Gasteiger partial charge in [0.25, 0.3) is 0 Å². The lowest BCUT2D eigenvalue weighted by Crippen LogP contribution is -2.51. The van der Waals surface area contributed by atoms with Crippen LogP contribution in [0.15, 0.2) is 0 Å². The van der Waals surface area contributed by atoms with Gasteiger partial charge in [-0.2, -0.15) is 0 Å². The molecule has 0 amide bonds. The van der Waals surface area contributed by atoms with Crippen LogP contribution in [0.1, 0.15) is 51.9 Å². The molecule has 3 rings (SSSR count). The number of ether oxygens (including phenoxy) is 1. The molecule has 2 aliphatic heterocycles. The molecule has 0 radical (unpaired) electrons. The Morgan fingerprint density at radius 3 is 3.00 bits per heavy atom. The van der Waals surface area contributed by atoms with Gasteiger partial charge in [-0.05, 0) is 38.5 Å². The predicted molar refractivity (Wildman–Crippen MR) is 53.0 cm³/mol. The van der Waals surface area contributed by atoms with E-state index in [0.717, 1.165) is 19.3 Å². The Morgan fingerprint density at radius 1 is 1.29 bits per heavy atom. The zero-order chi connectivity index (χ0) is 9.81. The molecule has 2 nitrogen and oxygen atoms in total. The number of carbonyl (C=O) groups is 1. The number of hydrogen-bond acceptors (Lipinski definition) is 2. The SMILES string of the molecule is C[C@]12CC[C@@]3(CCCC[C@@H]3CC1=O)O2. The summed E-state index contributed by atoms with van der Waals surface area (Å²) in [7, 11) is 0. The predicted octanol–water partition coefficient (Wildman–Crippen LogP) is 2.46. The third kappa shape index (κ3) is 0.979. The first-order valence-electron chi connectivity index (χ1n) is 5.88. The maximum absolute atomic E-state index is 11.9. The lowest BCUT2D eigenvalue weighted by atomic mass is 9.71. The molecule has 1 aliphatic carbocycles. The quantitative estimate of drug-likeness (QED) is 0.592. The van der Waals surface area contributed by atoms with Crippen LogP contribution in [0, 0.1) is 5.92 Å². The van der Waals surface area contributed by atoms with Crippen LogP contribution in [-0.4, -0.2) is 17.0 Å². The molecular weight excluding hydrogens is 176 g/mol. The van der Waals surface area contributed by atoms with E-state index in [-0.39, 0.29) is 5.60 Å². The molecule has 2 heteroatoms. The summed E-state index contributed by atoms with van der Waals surface area (Å²) in [5.74, 6) is 0.900. The number of carbonyl (C=O) groups excluding carboxylic acids is 1. The molecular formula is C12H18O2. The van der Waals surface area contributed by atoms with Gasteiger partial charge >= 0.3 is 0 Å². The lowest BCUT2D eigenvalue weighted by Gasteiger charge is -2.46. The number of rotatable bonds is 0. The molecule has 14 heavy (non-hydrogen) atoms. The summed E-state index contributed by atoms with van der Waals surface area (Å²) >= 11 is 0. The van der Waals surface area contributed by atoms with Crippen molar-refractivity contribution in [2.24, 2.45) is 5.92 Å². The van der Waals surface area contributed by atoms with Gasteiger partial charge < -0.3 is 4.74 Å². The Morgan fingerprint density at radius 2 is 2.14 bits per heavy atom. The van der Waals surface area contributed by atoms with Crippen molar-refractivity contribution >= 4 is 5.78 Å². The minimum Gasteiger partial charge on any atom is -0.361 e. The molecule has 3 atom stereocenters. The minimum absolute atomic E-state index is 0.112. The Bertz CT molecular complexity index is 286. The van der Waals surface area contributed by atoms with E-state index in [4.69, 9.17) is 4.74 Å². The Kier molecular flexibility index (Phi) is 1.65. The second kappa shape index (κ2) is 2.60. The number of fused-ring (bicyclic) bond motifs is 1. The van der Waals surface area contributed by atoms with Gasteiger partial charge in [0.1, 0.15) is 5.60 Å². The van der Waals surface area contributed by atoms with Crippen LogP contribution in [-0.2, 0) is 9.53 Å². The van der Waals surface area contributed by atoms with E-state index in [2.05, 4.69) is 0 Å². The third-order valence-corrected chi connectivity index (χ3v) is 4.62. The van der Waals surface area contributed by atoms with Gasteiger partial charge in [0.15, 0.2) is 5.78 Å². The van der Waals surface area contributed by atoms with E-state index >= 15 is 0 Å². The van der Waals surface area contributed by atoms with Crippen molar-refractivity contribution in [2.45, 2.75) is 63.1 Å². The van der Waals surface area contributed by atoms with Gasteiger partial charge in [0.05, 0.1) is 5.60 Å². The summed E-state index contributed by atoms with van der Waals surface area (Å²) in [5, 5.41) is 0. The van der Waals surface area contributed by atoms with Crippen LogP contribution in [0.3, 0.4) is 0 Å². The fraction of sp³-hybridized carbons (Fsp3) is 0.917. The highest BCUT2D eigenvalue weighted by molar-refractivity contribution is 5.88. The first-order chi connectivity index (χ1) is 6.65. The summed E-state index contributed by atoms with van der Waals surface area (Å²) in [5.41, 5.74) is -0.297. The minimum atomic E-state index is -0.409. The third-order valence-electron chi connectivity index (χ3n) is 4.62. The average molecular weight is 194 g/mol. The normalized spacial score (nSPS) is 51.8. The fourth-order valence-electron chi connectivity index (χ4n) is 3.67. The Balaban J connectivity index is 1.96. The molecule has 2 saturated heterocycles. The molecule has 78 valence electrons. The van der Waals surface area contributed by atoms with Crippen LogP contribution in [0.25, 0.3) is 0 Å². The molecule has 1 spiro atoms. The van der Waals surface area contributed by atoms with Gasteiger partial charge in [0.2, 0.25) is 0 Å². The van der Waals surface area contributed by atoms with Crippen molar-refractivity contribution in [1.82, 2.24) is 0 Å². The van der Waals surface area contributed by atoms with Crippen LogP contribution in [0.5, 0.6) is 0 Å². The first kappa shape index (κ1) is 8.90. The molecule has 1 saturated carbocycles. The van der Waals surface area contributed by atoms with E-state index in [1.54, 1.807) is 0 Å². The van der Waals surface area contributed by atoms with Gasteiger partial charge in [-0.25, -0.2) is 0 Å². The average Bonchev–Trinajstić information content (AvgIpc) is 2.46. The number of hydrogen-bond donors (Lipinski definition) is 0. The number of Topliss-reactive ketones (excluding diaryl/α,β-unsaturated/α-hetero) is 1. The molecule has 2 heterocycles. The zero-order valence-corrected chi connectivity index (χ0v) is 8.84. The van der Waals surface area contributed by atoms with Crippen molar-refractivity contribution in [1.29, 1.82) is 0 Å². The second-order valence-electron chi connectivity index (χ2n) is 5.47. The van der Waals surface area contributed by atoms with Gasteiger partial charge in [-0.1, -0.05) is 12.8 Å². The molecule has 3 fully saturated rings. The maximum atomic E-state index is 11.9. The van der Waals surface area contributed by atoms with Crippen molar-refractivity contribution in [2.75, 3.05) is 0 Å². The van der Waals surface area contributed by atoms with Crippen LogP contribution >= 0.6 is 0 Å². The summed E-state index contributed by atoms with van der Waals surface area (Å²) in [6.45, 7) is 1.99. The topological polar surface area (TPSA) is 26.3 Å². The van der Waals surface area contributed by atoms with E-state index in [1.807, 2.05) is 6.92 Å². The number of ketones is 1. The lowest BCUT2D eigenvalue weighted by molar-refractivity contribution is -0.185. The van der Waals surface area contributed by atoms with E-state index < -0.39 is 5.60 Å². The van der Waals surface area contributed by atoms with Gasteiger partial charge in [-0.3, -0.25) is 4.79 Å². The fourth-order valence-corrected chi connectivity index (χ4v) is 3.67. The van der Waals surface area contributed by atoms with Gasteiger partial charge in [0, 0.05) is 6.42 Å². The zero-order valence-electron chi connectivity index (χ0n) is 8.84. The molecule has 0 aromatic rings. The largest absolute Gasteiger partial charge is 0.361 e. The summed E-state index contributed by atoms with van der Waals surface area (Å²) in [4.78, 5) is 11.9. The molecule has 0 aromatic heterocycles. The first-order valence-corrected chi connectivity index (χ1v) is 5.88. The molecule has 2 bridgehead atoms. The standard InChI is InChI=1S/C12H18O2/c1-11-6-7-12(14-11)5-3-2-4-9(12)8-10(11)13/h9H,2-8H2,1H3/t9-,11+,12-/m1/s1. The van der Waals surface area contributed by atoms with Crippen LogP contribution in [0.2, 0.25) is 0 Å². The smallest absolute Gasteiger partial charge is 0.164 e. The monoisotopic (exact) mass is 194 g/mol. The van der Waals surface area contributed by atoms with E-state index in [1.165, 1.54) is 25.7 Å². The highest BCUT2D eigenvalue weighted by atomic mass is 16.5. The van der Waals surface area contributed by atoms with Crippen molar-refractivity contribution in [3.05, 3.63) is 0 Å². The van der Waals surface area contributed by atoms with Gasteiger partial charge in [-0.15, -0.1) is 0 Å². The van der Waals surface area contributed by atoms with Crippen molar-refractivity contribution in [3.63, 3.8) is 0 Å². The maximum Gasteiger partial charge on any atom is 0.164 e. The van der Waals surface area contributed by atoms with E-state index in [0.29, 0.717) is 11.7 Å². The highest BCUT2D eigenvalue weighted by Crippen LogP contribution is 2.54. The summed E-state index contributed by atoms with van der Waals surface area (Å²) in [6.07, 6.45) is 7.86. The van der Waals surface area contributed by atoms with Crippen molar-refractivity contribution in [3.8, 4) is 0 Å². The van der Waals surface area contributed by atoms with Crippen LogP contribution in [0.4, 0.5) is 0 Å². The van der Waals surface area contributed by atoms with Crippen molar-refractivity contribution < 1.29 is 9.53 Å². The molecule has 0 N–H and O–H groups in total. The summed E-state index contributed by atoms with van der Waals surface area (Å²) < 4.78 is 6.14. The molecule has 3 aliphatic rings. The molecule has 0 aromatic carbocycles. The second-order valence-corrected chi connectivity index (χ2v) is 5.47. The molecule has 0 unspecified atom stereocenters. The Labute approximate surface area is 85.0 Å². The summed E-state index contributed by atoms with van der Waals surface area (Å²) in [6, 6.07) is 0. The van der Waals surface area contributed by atoms with Crippen LogP contribution < -0.4 is 0 Å².